The Morgan fingerprint density at radius 2 is 1.89 bits per heavy atom. The number of carbonyl (C=O) groups excluding carboxylic acids is 2. The Bertz CT molecular complexity index is 1410. The average Bonchev–Trinajstić information content (AvgIpc) is 2.83. The monoisotopic (exact) mass is 505 g/mol. The van der Waals surface area contributed by atoms with Crippen LogP contribution in [0.15, 0.2) is 66.7 Å². The van der Waals surface area contributed by atoms with E-state index in [0.717, 1.165) is 23.6 Å². The zero-order valence-corrected chi connectivity index (χ0v) is 20.7. The van der Waals surface area contributed by atoms with Crippen molar-refractivity contribution < 1.29 is 19.2 Å². The average molecular weight is 506 g/mol. The molecule has 2 N–H and O–H groups in total. The first-order valence-corrected chi connectivity index (χ1v) is 11.5. The quantitative estimate of drug-likeness (QED) is 0.194. The lowest BCUT2D eigenvalue weighted by molar-refractivity contribution is -0.384. The van der Waals surface area contributed by atoms with Crippen LogP contribution < -0.4 is 15.4 Å². The summed E-state index contributed by atoms with van der Waals surface area (Å²) in [5.41, 5.74) is 2.91. The van der Waals surface area contributed by atoms with Gasteiger partial charge in [-0.3, -0.25) is 19.7 Å². The van der Waals surface area contributed by atoms with Gasteiger partial charge in [-0.1, -0.05) is 29.8 Å². The maximum Gasteiger partial charge on any atom is 0.288 e. The number of amides is 1. The lowest BCUT2D eigenvalue weighted by atomic mass is 9.85. The fraction of sp³-hybridized carbons (Fsp3) is 0.185. The number of nitrogens with zero attached hydrogens (tertiary/aromatic N) is 1. The van der Waals surface area contributed by atoms with Gasteiger partial charge in [0.25, 0.3) is 11.6 Å². The van der Waals surface area contributed by atoms with E-state index < -0.39 is 10.8 Å². The van der Waals surface area contributed by atoms with Gasteiger partial charge < -0.3 is 15.4 Å². The van der Waals surface area contributed by atoms with E-state index >= 15 is 0 Å². The number of benzene rings is 3. The van der Waals surface area contributed by atoms with Gasteiger partial charge in [0, 0.05) is 45.8 Å². The minimum Gasteiger partial charge on any atom is -0.497 e. The van der Waals surface area contributed by atoms with Crippen molar-refractivity contribution in [2.24, 2.45) is 0 Å². The number of nitro groups is 1. The molecule has 9 heteroatoms. The van der Waals surface area contributed by atoms with E-state index in [2.05, 4.69) is 24.5 Å². The molecule has 0 bridgehead atoms. The molecular formula is C27H24ClN3O5. The van der Waals surface area contributed by atoms with Crippen LogP contribution in [-0.4, -0.2) is 29.3 Å². The Kier molecular flexibility index (Phi) is 6.81. The number of nitrogens with one attached hydrogen (secondary N) is 2. The zero-order chi connectivity index (χ0) is 26.0. The molecule has 3 aromatic carbocycles. The lowest BCUT2D eigenvalue weighted by Gasteiger charge is -2.35. The van der Waals surface area contributed by atoms with Crippen LogP contribution >= 0.6 is 11.6 Å². The molecule has 0 aliphatic carbocycles. The van der Waals surface area contributed by atoms with Gasteiger partial charge in [-0.15, -0.1) is 0 Å². The number of ketones is 1. The summed E-state index contributed by atoms with van der Waals surface area (Å²) in [7, 11) is 1.60. The number of halogens is 1. The first kappa shape index (κ1) is 24.9. The predicted octanol–water partition coefficient (Wildman–Crippen LogP) is 5.66. The van der Waals surface area contributed by atoms with Crippen LogP contribution in [0.1, 0.15) is 45.7 Å². The van der Waals surface area contributed by atoms with E-state index in [1.54, 1.807) is 37.5 Å². The second kappa shape index (κ2) is 9.83. The topological polar surface area (TPSA) is 111 Å². The minimum atomic E-state index is -0.653. The molecule has 0 unspecified atom stereocenters. The summed E-state index contributed by atoms with van der Waals surface area (Å²) in [6, 6.07) is 16.1. The van der Waals surface area contributed by atoms with E-state index in [9.17, 15) is 19.7 Å². The summed E-state index contributed by atoms with van der Waals surface area (Å²) in [5.74, 6) is -0.114. The van der Waals surface area contributed by atoms with Gasteiger partial charge >= 0.3 is 0 Å². The van der Waals surface area contributed by atoms with E-state index in [1.165, 1.54) is 12.1 Å². The molecule has 184 valence electrons. The van der Waals surface area contributed by atoms with Crippen molar-refractivity contribution >= 4 is 40.4 Å². The zero-order valence-electron chi connectivity index (χ0n) is 19.9. The molecular weight excluding hydrogens is 482 g/mol. The molecule has 1 aliphatic heterocycles. The molecule has 0 atom stereocenters. The summed E-state index contributed by atoms with van der Waals surface area (Å²) in [4.78, 5) is 36.3. The van der Waals surface area contributed by atoms with Crippen molar-refractivity contribution in [3.05, 3.63) is 104 Å². The number of methoxy groups -OCH3 is 1. The van der Waals surface area contributed by atoms with Gasteiger partial charge in [0.1, 0.15) is 10.8 Å². The largest absolute Gasteiger partial charge is 0.497 e. The summed E-state index contributed by atoms with van der Waals surface area (Å²) in [5, 5.41) is 17.2. The normalized spacial score (nSPS) is 14.9. The number of ether oxygens (including phenoxy) is 1. The molecule has 1 amide bonds. The predicted molar refractivity (Wildman–Crippen MR) is 139 cm³/mol. The third-order valence-electron chi connectivity index (χ3n) is 5.80. The molecule has 0 aromatic heterocycles. The van der Waals surface area contributed by atoms with Gasteiger partial charge in [0.2, 0.25) is 0 Å². The molecule has 1 aliphatic rings. The van der Waals surface area contributed by atoms with Crippen LogP contribution in [0, 0.1) is 10.1 Å². The second-order valence-corrected chi connectivity index (χ2v) is 9.50. The molecule has 0 fully saturated rings. The van der Waals surface area contributed by atoms with Crippen molar-refractivity contribution in [1.29, 1.82) is 0 Å². The molecule has 8 nitrogen and oxygen atoms in total. The van der Waals surface area contributed by atoms with Crippen molar-refractivity contribution in [2.75, 3.05) is 12.4 Å². The van der Waals surface area contributed by atoms with Gasteiger partial charge in [-0.2, -0.15) is 0 Å². The summed E-state index contributed by atoms with van der Waals surface area (Å²) in [6.07, 6.45) is 2.34. The summed E-state index contributed by atoms with van der Waals surface area (Å²) in [6.45, 7) is 4.13. The third kappa shape index (κ3) is 5.39. The standard InChI is InChI=1S/C27H24ClN3O5/c1-27(2)15-18-7-9-20(36-3)13-21(18)23(30-27)14-25(32)16-5-4-6-19(11-16)29-26(33)17-8-10-22(28)24(12-17)31(34)35/h4-14,30H,15H2,1-3H3,(H,29,33)/b23-14-. The number of carbonyl (C=O) groups is 2. The fourth-order valence-corrected chi connectivity index (χ4v) is 4.30. The smallest absolute Gasteiger partial charge is 0.288 e. The van der Waals surface area contributed by atoms with E-state index in [-0.39, 0.29) is 27.6 Å². The van der Waals surface area contributed by atoms with Crippen LogP contribution in [0.3, 0.4) is 0 Å². The number of fused-ring (bicyclic) bond motifs is 1. The molecule has 0 spiro atoms. The molecule has 0 saturated heterocycles. The van der Waals surface area contributed by atoms with Gasteiger partial charge in [-0.25, -0.2) is 0 Å². The highest BCUT2D eigenvalue weighted by Gasteiger charge is 2.28. The summed E-state index contributed by atoms with van der Waals surface area (Å²) < 4.78 is 5.36. The van der Waals surface area contributed by atoms with Crippen molar-refractivity contribution in [3.63, 3.8) is 0 Å². The maximum atomic E-state index is 13.2. The van der Waals surface area contributed by atoms with Crippen LogP contribution in [-0.2, 0) is 6.42 Å². The summed E-state index contributed by atoms with van der Waals surface area (Å²) >= 11 is 5.83. The Morgan fingerprint density at radius 3 is 2.61 bits per heavy atom. The van der Waals surface area contributed by atoms with Crippen LogP contribution in [0.4, 0.5) is 11.4 Å². The second-order valence-electron chi connectivity index (χ2n) is 9.09. The van der Waals surface area contributed by atoms with E-state index in [1.807, 2.05) is 18.2 Å². The Hall–Kier alpha value is -4.17. The number of rotatable bonds is 6. The SMILES string of the molecule is COc1ccc2c(c1)/C(=C/C(=O)c1cccc(NC(=O)c3ccc(Cl)c([N+](=O)[O-])c3)c1)NC(C)(C)C2. The number of hydrogen-bond donors (Lipinski definition) is 2. The Balaban J connectivity index is 1.60. The van der Waals surface area contributed by atoms with Crippen LogP contribution in [0.5, 0.6) is 5.75 Å². The highest BCUT2D eigenvalue weighted by atomic mass is 35.5. The first-order chi connectivity index (χ1) is 17.1. The van der Waals surface area contributed by atoms with Gasteiger partial charge in [-0.05, 0) is 62.2 Å². The highest BCUT2D eigenvalue weighted by Crippen LogP contribution is 2.32. The van der Waals surface area contributed by atoms with Crippen molar-refractivity contribution in [2.45, 2.75) is 25.8 Å². The Morgan fingerprint density at radius 1 is 1.11 bits per heavy atom. The van der Waals surface area contributed by atoms with Crippen LogP contribution in [0.2, 0.25) is 5.02 Å². The molecule has 36 heavy (non-hydrogen) atoms. The molecule has 4 rings (SSSR count). The van der Waals surface area contributed by atoms with E-state index in [4.69, 9.17) is 16.3 Å². The Labute approximate surface area is 213 Å². The first-order valence-electron chi connectivity index (χ1n) is 11.1. The maximum absolute atomic E-state index is 13.2. The number of allylic oxidation sites excluding steroid dienone is 1. The number of nitro benzene ring substituents is 1. The van der Waals surface area contributed by atoms with Crippen LogP contribution in [0.25, 0.3) is 5.70 Å². The molecule has 3 aromatic rings. The number of anilines is 1. The van der Waals surface area contributed by atoms with Crippen molar-refractivity contribution in [3.8, 4) is 5.75 Å². The highest BCUT2D eigenvalue weighted by molar-refractivity contribution is 6.32. The molecule has 1 heterocycles. The van der Waals surface area contributed by atoms with E-state index in [0.29, 0.717) is 22.7 Å². The number of hydrogen-bond acceptors (Lipinski definition) is 6. The third-order valence-corrected chi connectivity index (χ3v) is 6.12. The minimum absolute atomic E-state index is 0.0594. The van der Waals surface area contributed by atoms with Gasteiger partial charge in [0.15, 0.2) is 5.78 Å². The molecule has 0 radical (unpaired) electrons. The van der Waals surface area contributed by atoms with Crippen molar-refractivity contribution in [1.82, 2.24) is 5.32 Å². The molecule has 0 saturated carbocycles. The lowest BCUT2D eigenvalue weighted by Crippen LogP contribution is -2.43. The van der Waals surface area contributed by atoms with Gasteiger partial charge in [0.05, 0.1) is 12.0 Å². The fourth-order valence-electron chi connectivity index (χ4n) is 4.12.